The van der Waals surface area contributed by atoms with Crippen molar-refractivity contribution in [1.82, 2.24) is 15.0 Å². The summed E-state index contributed by atoms with van der Waals surface area (Å²) in [5, 5.41) is 4.28. The molecule has 0 saturated carbocycles. The Balaban J connectivity index is 1.96. The Labute approximate surface area is 145 Å². The predicted molar refractivity (Wildman–Crippen MR) is 89.2 cm³/mol. The van der Waals surface area contributed by atoms with E-state index < -0.39 is 0 Å². The molecule has 2 atom stereocenters. The molecule has 128 valence electrons. The summed E-state index contributed by atoms with van der Waals surface area (Å²) in [6.07, 6.45) is 0.545. The number of benzene rings is 1. The number of aromatic nitrogens is 2. The first-order chi connectivity index (χ1) is 11.4. The second kappa shape index (κ2) is 6.53. The van der Waals surface area contributed by atoms with Crippen LogP contribution in [0.2, 0.25) is 5.02 Å². The van der Waals surface area contributed by atoms with Gasteiger partial charge in [0.1, 0.15) is 6.04 Å². The number of ether oxygens (including phenoxy) is 1. The number of likely N-dealkylation sites (tertiary alicyclic amines) is 1. The summed E-state index contributed by atoms with van der Waals surface area (Å²) < 4.78 is 10.7. The Morgan fingerprint density at radius 1 is 1.33 bits per heavy atom. The molecule has 6 nitrogen and oxygen atoms in total. The van der Waals surface area contributed by atoms with Crippen molar-refractivity contribution in [3.05, 3.63) is 45.6 Å². The average molecular weight is 350 g/mol. The molecule has 1 saturated heterocycles. The number of rotatable bonds is 3. The molecule has 1 aliphatic heterocycles. The van der Waals surface area contributed by atoms with Crippen molar-refractivity contribution in [1.29, 1.82) is 0 Å². The molecule has 1 aromatic heterocycles. The lowest BCUT2D eigenvalue weighted by Gasteiger charge is -2.22. The molecule has 1 aliphatic rings. The van der Waals surface area contributed by atoms with Gasteiger partial charge in [0.15, 0.2) is 5.82 Å². The zero-order valence-corrected chi connectivity index (χ0v) is 14.9. The minimum Gasteiger partial charge on any atom is -0.380 e. The van der Waals surface area contributed by atoms with Crippen LogP contribution in [0.15, 0.2) is 16.7 Å². The Kier molecular flexibility index (Phi) is 4.60. The molecular formula is C17H20ClN3O3. The molecule has 7 heteroatoms. The number of methoxy groups -OCH3 is 1. The van der Waals surface area contributed by atoms with E-state index in [0.717, 1.165) is 11.1 Å². The van der Waals surface area contributed by atoms with Crippen LogP contribution in [0.3, 0.4) is 0 Å². The van der Waals surface area contributed by atoms with Crippen molar-refractivity contribution >= 4 is 17.5 Å². The van der Waals surface area contributed by atoms with Crippen molar-refractivity contribution in [2.75, 3.05) is 13.7 Å². The fourth-order valence-electron chi connectivity index (χ4n) is 2.97. The number of halogens is 1. The quantitative estimate of drug-likeness (QED) is 0.850. The van der Waals surface area contributed by atoms with Gasteiger partial charge in [-0.2, -0.15) is 4.98 Å². The molecular weight excluding hydrogens is 330 g/mol. The average Bonchev–Trinajstić information content (AvgIpc) is 3.16. The van der Waals surface area contributed by atoms with Crippen molar-refractivity contribution < 1.29 is 14.1 Å². The molecule has 2 aromatic rings. The molecule has 3 rings (SSSR count). The summed E-state index contributed by atoms with van der Waals surface area (Å²) in [5.74, 6) is 0.825. The van der Waals surface area contributed by atoms with Crippen LogP contribution in [0, 0.1) is 20.8 Å². The summed E-state index contributed by atoms with van der Waals surface area (Å²) in [4.78, 5) is 19.1. The molecule has 1 amide bonds. The van der Waals surface area contributed by atoms with Gasteiger partial charge in [0.2, 0.25) is 5.89 Å². The highest BCUT2D eigenvalue weighted by Crippen LogP contribution is 2.35. The number of amides is 1. The van der Waals surface area contributed by atoms with Crippen LogP contribution in [-0.2, 0) is 4.74 Å². The van der Waals surface area contributed by atoms with Crippen molar-refractivity contribution in [2.24, 2.45) is 0 Å². The van der Waals surface area contributed by atoms with Crippen LogP contribution < -0.4 is 0 Å². The van der Waals surface area contributed by atoms with E-state index in [9.17, 15) is 4.79 Å². The summed E-state index contributed by atoms with van der Waals surface area (Å²) in [5.41, 5.74) is 2.56. The fourth-order valence-corrected chi connectivity index (χ4v) is 3.27. The van der Waals surface area contributed by atoms with Gasteiger partial charge in [0.05, 0.1) is 16.7 Å². The molecule has 0 unspecified atom stereocenters. The molecule has 1 fully saturated rings. The highest BCUT2D eigenvalue weighted by atomic mass is 35.5. The van der Waals surface area contributed by atoms with Crippen LogP contribution in [-0.4, -0.2) is 40.7 Å². The third kappa shape index (κ3) is 3.03. The van der Waals surface area contributed by atoms with E-state index in [1.54, 1.807) is 18.9 Å². The van der Waals surface area contributed by atoms with Crippen LogP contribution in [0.1, 0.15) is 45.7 Å². The predicted octanol–water partition coefficient (Wildman–Crippen LogP) is 3.25. The Morgan fingerprint density at radius 2 is 2.04 bits per heavy atom. The van der Waals surface area contributed by atoms with E-state index in [0.29, 0.717) is 35.3 Å². The van der Waals surface area contributed by atoms with Gasteiger partial charge in [-0.15, -0.1) is 0 Å². The van der Waals surface area contributed by atoms with Crippen LogP contribution in [0.25, 0.3) is 0 Å². The largest absolute Gasteiger partial charge is 0.380 e. The smallest absolute Gasteiger partial charge is 0.256 e. The normalized spacial score (nSPS) is 20.6. The van der Waals surface area contributed by atoms with Gasteiger partial charge < -0.3 is 14.2 Å². The monoisotopic (exact) mass is 349 g/mol. The summed E-state index contributed by atoms with van der Waals surface area (Å²) in [7, 11) is 1.64. The van der Waals surface area contributed by atoms with Crippen LogP contribution in [0.5, 0.6) is 0 Å². The first-order valence-corrected chi connectivity index (χ1v) is 8.19. The minimum absolute atomic E-state index is 0.0727. The molecule has 2 heterocycles. The van der Waals surface area contributed by atoms with Crippen LogP contribution >= 0.6 is 11.6 Å². The van der Waals surface area contributed by atoms with E-state index in [1.807, 2.05) is 26.0 Å². The van der Waals surface area contributed by atoms with Gasteiger partial charge >= 0.3 is 0 Å². The van der Waals surface area contributed by atoms with Gasteiger partial charge in [-0.1, -0.05) is 16.8 Å². The SMILES string of the molecule is CO[C@H]1C[C@H](c2nc(C)no2)N(C(=O)c2cc(C)c(C)cc2Cl)C1. The highest BCUT2D eigenvalue weighted by Gasteiger charge is 2.40. The van der Waals surface area contributed by atoms with E-state index in [1.165, 1.54) is 0 Å². The summed E-state index contributed by atoms with van der Waals surface area (Å²) in [6, 6.07) is 3.34. The maximum Gasteiger partial charge on any atom is 0.256 e. The van der Waals surface area contributed by atoms with Crippen molar-refractivity contribution in [3.63, 3.8) is 0 Å². The molecule has 1 aromatic carbocycles. The molecule has 0 N–H and O–H groups in total. The van der Waals surface area contributed by atoms with E-state index in [2.05, 4.69) is 10.1 Å². The number of hydrogen-bond donors (Lipinski definition) is 0. The molecule has 0 bridgehead atoms. The number of nitrogens with zero attached hydrogens (tertiary/aromatic N) is 3. The zero-order valence-electron chi connectivity index (χ0n) is 14.2. The maximum absolute atomic E-state index is 13.1. The van der Waals surface area contributed by atoms with Gasteiger partial charge in [-0.3, -0.25) is 4.79 Å². The Morgan fingerprint density at radius 3 is 2.67 bits per heavy atom. The van der Waals surface area contributed by atoms with E-state index in [-0.39, 0.29) is 18.1 Å². The highest BCUT2D eigenvalue weighted by molar-refractivity contribution is 6.34. The first-order valence-electron chi connectivity index (χ1n) is 7.81. The standard InChI is InChI=1S/C17H20ClN3O3/c1-9-5-13(14(18)6-10(9)2)17(22)21-8-12(23-4)7-15(21)16-19-11(3)20-24-16/h5-6,12,15H,7-8H2,1-4H3/t12-,15+/m0/s1. The third-order valence-electron chi connectivity index (χ3n) is 4.50. The molecule has 0 spiro atoms. The Hall–Kier alpha value is -1.92. The van der Waals surface area contributed by atoms with E-state index in [4.69, 9.17) is 20.9 Å². The summed E-state index contributed by atoms with van der Waals surface area (Å²) >= 11 is 6.31. The second-order valence-electron chi connectivity index (χ2n) is 6.16. The van der Waals surface area contributed by atoms with Gasteiger partial charge in [-0.25, -0.2) is 0 Å². The number of hydrogen-bond acceptors (Lipinski definition) is 5. The van der Waals surface area contributed by atoms with Gasteiger partial charge in [0, 0.05) is 20.1 Å². The first kappa shape index (κ1) is 16.9. The molecule has 24 heavy (non-hydrogen) atoms. The lowest BCUT2D eigenvalue weighted by molar-refractivity contribution is 0.0671. The van der Waals surface area contributed by atoms with Crippen molar-refractivity contribution in [3.8, 4) is 0 Å². The zero-order chi connectivity index (χ0) is 17.4. The maximum atomic E-state index is 13.1. The Bertz CT molecular complexity index is 774. The van der Waals surface area contributed by atoms with Gasteiger partial charge in [-0.05, 0) is 44.0 Å². The van der Waals surface area contributed by atoms with Gasteiger partial charge in [0.25, 0.3) is 5.91 Å². The topological polar surface area (TPSA) is 68.5 Å². The third-order valence-corrected chi connectivity index (χ3v) is 4.81. The lowest BCUT2D eigenvalue weighted by atomic mass is 10.0. The molecule has 0 aliphatic carbocycles. The molecule has 0 radical (unpaired) electrons. The summed E-state index contributed by atoms with van der Waals surface area (Å²) in [6.45, 7) is 6.15. The van der Waals surface area contributed by atoms with Crippen molar-refractivity contribution in [2.45, 2.75) is 39.3 Å². The van der Waals surface area contributed by atoms with E-state index >= 15 is 0 Å². The second-order valence-corrected chi connectivity index (χ2v) is 6.57. The van der Waals surface area contributed by atoms with Crippen LogP contribution in [0.4, 0.5) is 0 Å². The lowest BCUT2D eigenvalue weighted by Crippen LogP contribution is -2.32. The fraction of sp³-hybridized carbons (Fsp3) is 0.471. The number of aryl methyl sites for hydroxylation is 3. The number of carbonyl (C=O) groups is 1. The minimum atomic E-state index is -0.304. The number of carbonyl (C=O) groups excluding carboxylic acids is 1.